The molecule has 2 heterocycles. The lowest BCUT2D eigenvalue weighted by atomic mass is 10.1. The molecule has 1 atom stereocenters. The van der Waals surface area contributed by atoms with Crippen LogP contribution in [-0.2, 0) is 6.54 Å². The van der Waals surface area contributed by atoms with E-state index in [1.165, 1.54) is 6.42 Å². The van der Waals surface area contributed by atoms with E-state index in [1.54, 1.807) is 0 Å². The molecule has 1 aromatic heterocycles. The van der Waals surface area contributed by atoms with Crippen molar-refractivity contribution in [2.45, 2.75) is 32.4 Å². The van der Waals surface area contributed by atoms with Gasteiger partial charge in [-0.25, -0.2) is 4.98 Å². The Kier molecular flexibility index (Phi) is 2.72. The first-order valence-electron chi connectivity index (χ1n) is 5.33. The molecule has 1 saturated heterocycles. The maximum Gasteiger partial charge on any atom is 0.205 e. The quantitative estimate of drug-likeness (QED) is 0.758. The van der Waals surface area contributed by atoms with Crippen LogP contribution in [0.4, 0.5) is 5.95 Å². The van der Waals surface area contributed by atoms with Crippen LogP contribution < -0.4 is 10.6 Å². The minimum absolute atomic E-state index is 0.311. The van der Waals surface area contributed by atoms with Crippen molar-refractivity contribution in [2.75, 3.05) is 18.0 Å². The fourth-order valence-corrected chi connectivity index (χ4v) is 2.02. The number of nitrogens with two attached hydrogens (primary N) is 1. The Labute approximate surface area is 84.7 Å². The predicted molar refractivity (Wildman–Crippen MR) is 57.3 cm³/mol. The first-order valence-corrected chi connectivity index (χ1v) is 5.33. The van der Waals surface area contributed by atoms with Gasteiger partial charge in [0, 0.05) is 38.1 Å². The monoisotopic (exact) mass is 194 g/mol. The summed E-state index contributed by atoms with van der Waals surface area (Å²) in [7, 11) is 0. The van der Waals surface area contributed by atoms with Gasteiger partial charge in [-0.1, -0.05) is 0 Å². The van der Waals surface area contributed by atoms with E-state index in [1.807, 2.05) is 12.4 Å². The van der Waals surface area contributed by atoms with Crippen molar-refractivity contribution in [1.82, 2.24) is 9.55 Å². The van der Waals surface area contributed by atoms with E-state index in [-0.39, 0.29) is 0 Å². The maximum atomic E-state index is 5.94. The lowest BCUT2D eigenvalue weighted by Crippen LogP contribution is -2.43. The van der Waals surface area contributed by atoms with Gasteiger partial charge < -0.3 is 15.2 Å². The number of hydrogen-bond acceptors (Lipinski definition) is 3. The Morgan fingerprint density at radius 1 is 1.64 bits per heavy atom. The number of hydrogen-bond donors (Lipinski definition) is 1. The van der Waals surface area contributed by atoms with Crippen LogP contribution in [0.5, 0.6) is 0 Å². The van der Waals surface area contributed by atoms with Crippen LogP contribution in [0.25, 0.3) is 0 Å². The summed E-state index contributed by atoms with van der Waals surface area (Å²) < 4.78 is 2.16. The van der Waals surface area contributed by atoms with Crippen LogP contribution in [0.1, 0.15) is 19.8 Å². The zero-order chi connectivity index (χ0) is 9.97. The highest BCUT2D eigenvalue weighted by Gasteiger charge is 2.19. The molecule has 2 N–H and O–H groups in total. The average molecular weight is 194 g/mol. The highest BCUT2D eigenvalue weighted by molar-refractivity contribution is 5.32. The number of imidazole rings is 1. The van der Waals surface area contributed by atoms with Crippen molar-refractivity contribution in [3.05, 3.63) is 12.4 Å². The van der Waals surface area contributed by atoms with Crippen molar-refractivity contribution in [1.29, 1.82) is 0 Å². The molecule has 0 spiro atoms. The molecule has 1 aliphatic rings. The van der Waals surface area contributed by atoms with Crippen LogP contribution >= 0.6 is 0 Å². The van der Waals surface area contributed by atoms with E-state index in [0.717, 1.165) is 32.0 Å². The van der Waals surface area contributed by atoms with Crippen LogP contribution in [0.15, 0.2) is 12.4 Å². The molecule has 14 heavy (non-hydrogen) atoms. The van der Waals surface area contributed by atoms with Gasteiger partial charge in [0.15, 0.2) is 0 Å². The Morgan fingerprint density at radius 2 is 2.50 bits per heavy atom. The number of anilines is 1. The van der Waals surface area contributed by atoms with Gasteiger partial charge in [-0.05, 0) is 19.8 Å². The van der Waals surface area contributed by atoms with Gasteiger partial charge in [-0.15, -0.1) is 0 Å². The molecule has 4 nitrogen and oxygen atoms in total. The number of aryl methyl sites for hydroxylation is 1. The third-order valence-electron chi connectivity index (χ3n) is 2.77. The Morgan fingerprint density at radius 3 is 3.21 bits per heavy atom. The molecule has 0 bridgehead atoms. The number of nitrogens with zero attached hydrogens (tertiary/aromatic N) is 3. The second-order valence-corrected chi connectivity index (χ2v) is 3.86. The Hall–Kier alpha value is -1.03. The van der Waals surface area contributed by atoms with Crippen LogP contribution in [0.2, 0.25) is 0 Å². The Balaban J connectivity index is 2.13. The lowest BCUT2D eigenvalue weighted by molar-refractivity contribution is 0.493. The smallest absolute Gasteiger partial charge is 0.205 e. The highest BCUT2D eigenvalue weighted by Crippen LogP contribution is 2.17. The van der Waals surface area contributed by atoms with E-state index < -0.39 is 0 Å². The molecule has 1 fully saturated rings. The number of rotatable bonds is 2. The first-order chi connectivity index (χ1) is 6.81. The van der Waals surface area contributed by atoms with Gasteiger partial charge >= 0.3 is 0 Å². The highest BCUT2D eigenvalue weighted by atomic mass is 15.3. The van der Waals surface area contributed by atoms with E-state index in [0.29, 0.717) is 6.04 Å². The van der Waals surface area contributed by atoms with Crippen molar-refractivity contribution in [3.8, 4) is 0 Å². The van der Waals surface area contributed by atoms with E-state index >= 15 is 0 Å². The summed E-state index contributed by atoms with van der Waals surface area (Å²) >= 11 is 0. The van der Waals surface area contributed by atoms with Crippen LogP contribution in [0, 0.1) is 0 Å². The molecule has 0 aromatic carbocycles. The molecule has 0 amide bonds. The molecule has 1 aliphatic heterocycles. The predicted octanol–water partition coefficient (Wildman–Crippen LogP) is 0.830. The second kappa shape index (κ2) is 4.00. The number of aromatic nitrogens is 2. The SMILES string of the molecule is CCn1ccnc1N1CCC[C@@H](N)C1. The normalized spacial score (nSPS) is 22.7. The van der Waals surface area contributed by atoms with Crippen molar-refractivity contribution in [3.63, 3.8) is 0 Å². The van der Waals surface area contributed by atoms with Crippen LogP contribution in [0.3, 0.4) is 0 Å². The first kappa shape index (κ1) is 9.52. The summed E-state index contributed by atoms with van der Waals surface area (Å²) in [6.45, 7) is 5.14. The molecule has 78 valence electrons. The molecule has 2 rings (SSSR count). The van der Waals surface area contributed by atoms with Gasteiger partial charge in [0.2, 0.25) is 5.95 Å². The summed E-state index contributed by atoms with van der Waals surface area (Å²) in [6.07, 6.45) is 6.20. The summed E-state index contributed by atoms with van der Waals surface area (Å²) in [5.41, 5.74) is 5.94. The molecule has 0 radical (unpaired) electrons. The fourth-order valence-electron chi connectivity index (χ4n) is 2.02. The van der Waals surface area contributed by atoms with E-state index in [2.05, 4.69) is 21.4 Å². The van der Waals surface area contributed by atoms with Gasteiger partial charge in [-0.2, -0.15) is 0 Å². The van der Waals surface area contributed by atoms with E-state index in [9.17, 15) is 0 Å². The molecule has 0 aliphatic carbocycles. The minimum atomic E-state index is 0.311. The van der Waals surface area contributed by atoms with Gasteiger partial charge in [0.1, 0.15) is 0 Å². The summed E-state index contributed by atoms with van der Waals surface area (Å²) in [5, 5.41) is 0. The van der Waals surface area contributed by atoms with E-state index in [4.69, 9.17) is 5.73 Å². The summed E-state index contributed by atoms with van der Waals surface area (Å²) in [5.74, 6) is 1.07. The molecule has 0 unspecified atom stereocenters. The lowest BCUT2D eigenvalue weighted by Gasteiger charge is -2.31. The van der Waals surface area contributed by atoms with Gasteiger partial charge in [0.05, 0.1) is 0 Å². The Bertz CT molecular complexity index is 294. The van der Waals surface area contributed by atoms with Crippen molar-refractivity contribution in [2.24, 2.45) is 5.73 Å². The molecular weight excluding hydrogens is 176 g/mol. The molecule has 0 saturated carbocycles. The van der Waals surface area contributed by atoms with Gasteiger partial charge in [-0.3, -0.25) is 0 Å². The molecule has 4 heteroatoms. The van der Waals surface area contributed by atoms with Gasteiger partial charge in [0.25, 0.3) is 0 Å². The third kappa shape index (κ3) is 1.75. The largest absolute Gasteiger partial charge is 0.341 e. The summed E-state index contributed by atoms with van der Waals surface area (Å²) in [4.78, 5) is 6.67. The second-order valence-electron chi connectivity index (χ2n) is 3.86. The van der Waals surface area contributed by atoms with Crippen molar-refractivity contribution < 1.29 is 0 Å². The molecule has 1 aromatic rings. The molecular formula is C10H18N4. The minimum Gasteiger partial charge on any atom is -0.341 e. The topological polar surface area (TPSA) is 47.1 Å². The van der Waals surface area contributed by atoms with Crippen molar-refractivity contribution >= 4 is 5.95 Å². The summed E-state index contributed by atoms with van der Waals surface area (Å²) in [6, 6.07) is 0.311. The maximum absolute atomic E-state index is 5.94. The fraction of sp³-hybridized carbons (Fsp3) is 0.700. The third-order valence-corrected chi connectivity index (χ3v) is 2.77. The zero-order valence-electron chi connectivity index (χ0n) is 8.69. The van der Waals surface area contributed by atoms with Crippen LogP contribution in [-0.4, -0.2) is 28.7 Å². The average Bonchev–Trinajstić information content (AvgIpc) is 2.65. The standard InChI is InChI=1S/C10H18N4/c1-2-13-7-5-12-10(13)14-6-3-4-9(11)8-14/h5,7,9H,2-4,6,8,11H2,1H3/t9-/m1/s1. The zero-order valence-corrected chi connectivity index (χ0v) is 8.69. The number of piperidine rings is 1.